The third-order valence-electron chi connectivity index (χ3n) is 4.09. The Hall–Kier alpha value is -1.19. The first-order valence-electron chi connectivity index (χ1n) is 7.49. The number of quaternary nitrogens is 2. The van der Waals surface area contributed by atoms with Gasteiger partial charge in [0, 0.05) is 12.0 Å². The summed E-state index contributed by atoms with van der Waals surface area (Å²) in [4.78, 5) is 15.3. The Balaban J connectivity index is 1.61. The van der Waals surface area contributed by atoms with Gasteiger partial charge in [0.15, 0.2) is 5.78 Å². The molecule has 104 valence electrons. The minimum atomic E-state index is 0.290. The van der Waals surface area contributed by atoms with Crippen LogP contribution in [0.2, 0.25) is 0 Å². The normalized spacial score (nSPS) is 23.2. The second-order valence-corrected chi connectivity index (χ2v) is 5.70. The Morgan fingerprint density at radius 2 is 1.74 bits per heavy atom. The minimum Gasteiger partial charge on any atom is -0.328 e. The van der Waals surface area contributed by atoms with Crippen molar-refractivity contribution in [3.05, 3.63) is 35.9 Å². The van der Waals surface area contributed by atoms with Gasteiger partial charge in [-0.15, -0.1) is 0 Å². The molecule has 0 atom stereocenters. The quantitative estimate of drug-likeness (QED) is 0.522. The van der Waals surface area contributed by atoms with Crippen LogP contribution in [-0.2, 0) is 0 Å². The third kappa shape index (κ3) is 4.77. The molecular weight excluding hydrogens is 236 g/mol. The van der Waals surface area contributed by atoms with Gasteiger partial charge in [-0.2, -0.15) is 0 Å². The molecule has 1 aliphatic heterocycles. The Labute approximate surface area is 116 Å². The molecule has 19 heavy (non-hydrogen) atoms. The standard InChI is InChI=1S/C16H24N2O/c1-17-11-13-18(14-12-17)10-6-5-9-16(19)15-7-3-2-4-8-15/h2-4,7-8H,5-6,9-14H2,1H3/p+2. The van der Waals surface area contributed by atoms with Crippen LogP contribution in [0.5, 0.6) is 0 Å². The van der Waals surface area contributed by atoms with E-state index in [1.165, 1.54) is 39.1 Å². The molecule has 0 spiro atoms. The maximum absolute atomic E-state index is 11.9. The van der Waals surface area contributed by atoms with Crippen molar-refractivity contribution in [2.75, 3.05) is 39.8 Å². The van der Waals surface area contributed by atoms with Crippen molar-refractivity contribution in [2.24, 2.45) is 0 Å². The van der Waals surface area contributed by atoms with Crippen LogP contribution in [0.4, 0.5) is 0 Å². The van der Waals surface area contributed by atoms with Crippen molar-refractivity contribution in [1.82, 2.24) is 0 Å². The minimum absolute atomic E-state index is 0.290. The van der Waals surface area contributed by atoms with Crippen LogP contribution in [-0.4, -0.2) is 45.6 Å². The molecule has 0 saturated carbocycles. The van der Waals surface area contributed by atoms with E-state index in [4.69, 9.17) is 0 Å². The Morgan fingerprint density at radius 3 is 2.42 bits per heavy atom. The highest BCUT2D eigenvalue weighted by Gasteiger charge is 2.19. The number of hydrogen-bond acceptors (Lipinski definition) is 1. The number of piperazine rings is 1. The predicted molar refractivity (Wildman–Crippen MR) is 76.8 cm³/mol. The molecule has 0 radical (unpaired) electrons. The van der Waals surface area contributed by atoms with E-state index in [1.807, 2.05) is 30.3 Å². The molecule has 0 amide bonds. The van der Waals surface area contributed by atoms with Crippen molar-refractivity contribution < 1.29 is 14.6 Å². The molecule has 1 saturated heterocycles. The number of hydrogen-bond donors (Lipinski definition) is 2. The van der Waals surface area contributed by atoms with Crippen LogP contribution in [0.15, 0.2) is 30.3 Å². The highest BCUT2D eigenvalue weighted by Crippen LogP contribution is 2.05. The summed E-state index contributed by atoms with van der Waals surface area (Å²) in [7, 11) is 2.27. The molecule has 2 rings (SSSR count). The number of benzene rings is 1. The third-order valence-corrected chi connectivity index (χ3v) is 4.09. The maximum atomic E-state index is 11.9. The van der Waals surface area contributed by atoms with Crippen LogP contribution >= 0.6 is 0 Å². The molecule has 2 N–H and O–H groups in total. The van der Waals surface area contributed by atoms with E-state index in [-0.39, 0.29) is 0 Å². The first kappa shape index (κ1) is 14.2. The predicted octanol–water partition coefficient (Wildman–Crippen LogP) is -0.547. The fourth-order valence-electron chi connectivity index (χ4n) is 2.71. The van der Waals surface area contributed by atoms with Crippen LogP contribution in [0.1, 0.15) is 29.6 Å². The lowest BCUT2D eigenvalue weighted by molar-refractivity contribution is -1.00. The van der Waals surface area contributed by atoms with E-state index in [0.717, 1.165) is 12.0 Å². The van der Waals surface area contributed by atoms with Gasteiger partial charge in [0.05, 0.1) is 13.6 Å². The Morgan fingerprint density at radius 1 is 1.05 bits per heavy atom. The van der Waals surface area contributed by atoms with Crippen molar-refractivity contribution in [2.45, 2.75) is 19.3 Å². The van der Waals surface area contributed by atoms with Crippen molar-refractivity contribution in [3.63, 3.8) is 0 Å². The number of likely N-dealkylation sites (N-methyl/N-ethyl adjacent to an activating group) is 1. The van der Waals surface area contributed by atoms with E-state index in [1.54, 1.807) is 9.80 Å². The smallest absolute Gasteiger partial charge is 0.162 e. The molecule has 0 aliphatic carbocycles. The fourth-order valence-corrected chi connectivity index (χ4v) is 2.71. The second kappa shape index (κ2) is 7.41. The van der Waals surface area contributed by atoms with Crippen LogP contribution in [0.3, 0.4) is 0 Å². The number of rotatable bonds is 6. The highest BCUT2D eigenvalue weighted by atomic mass is 16.1. The topological polar surface area (TPSA) is 26.0 Å². The molecule has 3 heteroatoms. The largest absolute Gasteiger partial charge is 0.328 e. The van der Waals surface area contributed by atoms with Crippen molar-refractivity contribution in [3.8, 4) is 0 Å². The molecule has 0 unspecified atom stereocenters. The monoisotopic (exact) mass is 262 g/mol. The Kier molecular flexibility index (Phi) is 5.55. The molecule has 1 aliphatic rings. The first-order valence-corrected chi connectivity index (χ1v) is 7.49. The average molecular weight is 262 g/mol. The van der Waals surface area contributed by atoms with Gasteiger partial charge in [-0.1, -0.05) is 30.3 Å². The van der Waals surface area contributed by atoms with Gasteiger partial charge >= 0.3 is 0 Å². The number of ketones is 1. The summed E-state index contributed by atoms with van der Waals surface area (Å²) < 4.78 is 0. The molecular formula is C16H26N2O+2. The van der Waals surface area contributed by atoms with Gasteiger partial charge in [0.1, 0.15) is 26.2 Å². The summed E-state index contributed by atoms with van der Waals surface area (Å²) in [5.74, 6) is 0.290. The highest BCUT2D eigenvalue weighted by molar-refractivity contribution is 5.95. The average Bonchev–Trinajstić information content (AvgIpc) is 2.46. The van der Waals surface area contributed by atoms with Gasteiger partial charge in [-0.25, -0.2) is 0 Å². The fraction of sp³-hybridized carbons (Fsp3) is 0.562. The van der Waals surface area contributed by atoms with E-state index < -0.39 is 0 Å². The molecule has 0 aromatic heterocycles. The molecule has 0 bridgehead atoms. The summed E-state index contributed by atoms with van der Waals surface area (Å²) in [6.45, 7) is 6.39. The summed E-state index contributed by atoms with van der Waals surface area (Å²) in [5, 5.41) is 0. The van der Waals surface area contributed by atoms with Crippen LogP contribution in [0, 0.1) is 0 Å². The van der Waals surface area contributed by atoms with E-state index in [0.29, 0.717) is 12.2 Å². The zero-order chi connectivity index (χ0) is 13.5. The van der Waals surface area contributed by atoms with Crippen LogP contribution < -0.4 is 9.80 Å². The SMILES string of the molecule is C[NH+]1CC[NH+](CCCCC(=O)c2ccccc2)CC1. The summed E-state index contributed by atoms with van der Waals surface area (Å²) in [5.41, 5.74) is 0.859. The van der Waals surface area contributed by atoms with Crippen LogP contribution in [0.25, 0.3) is 0 Å². The molecule has 1 heterocycles. The number of unbranched alkanes of at least 4 members (excludes halogenated alkanes) is 1. The lowest BCUT2D eigenvalue weighted by Gasteiger charge is -2.27. The first-order chi connectivity index (χ1) is 9.25. The van der Waals surface area contributed by atoms with Gasteiger partial charge < -0.3 is 9.80 Å². The molecule has 3 nitrogen and oxygen atoms in total. The second-order valence-electron chi connectivity index (χ2n) is 5.70. The van der Waals surface area contributed by atoms with Crippen molar-refractivity contribution in [1.29, 1.82) is 0 Å². The maximum Gasteiger partial charge on any atom is 0.162 e. The molecule has 1 aromatic rings. The van der Waals surface area contributed by atoms with Gasteiger partial charge in [0.2, 0.25) is 0 Å². The van der Waals surface area contributed by atoms with Gasteiger partial charge in [-0.3, -0.25) is 4.79 Å². The van der Waals surface area contributed by atoms with E-state index >= 15 is 0 Å². The number of carbonyl (C=O) groups is 1. The number of Topliss-reactive ketones (excluding diaryl/α,β-unsaturated/α-hetero) is 1. The zero-order valence-corrected chi connectivity index (χ0v) is 12.0. The zero-order valence-electron chi connectivity index (χ0n) is 12.0. The summed E-state index contributed by atoms with van der Waals surface area (Å²) in [6, 6.07) is 9.65. The molecule has 1 fully saturated rings. The summed E-state index contributed by atoms with van der Waals surface area (Å²) >= 11 is 0. The molecule has 1 aromatic carbocycles. The lowest BCUT2D eigenvalue weighted by atomic mass is 10.1. The number of nitrogens with one attached hydrogen (secondary N) is 2. The lowest BCUT2D eigenvalue weighted by Crippen LogP contribution is -3.27. The van der Waals surface area contributed by atoms with E-state index in [9.17, 15) is 4.79 Å². The van der Waals surface area contributed by atoms with E-state index in [2.05, 4.69) is 7.05 Å². The Bertz CT molecular complexity index is 383. The van der Waals surface area contributed by atoms with Crippen molar-refractivity contribution >= 4 is 5.78 Å². The summed E-state index contributed by atoms with van der Waals surface area (Å²) in [6.07, 6.45) is 2.90. The van der Waals surface area contributed by atoms with Gasteiger partial charge in [-0.05, 0) is 12.8 Å². The van der Waals surface area contributed by atoms with Gasteiger partial charge in [0.25, 0.3) is 0 Å². The number of carbonyl (C=O) groups excluding carboxylic acids is 1.